The fraction of sp³-hybridized carbons (Fsp3) is 0.280. The molecule has 0 bridgehead atoms. The van der Waals surface area contributed by atoms with Gasteiger partial charge in [-0.05, 0) is 38.7 Å². The summed E-state index contributed by atoms with van der Waals surface area (Å²) in [5, 5.41) is 10.5. The second-order valence-electron chi connectivity index (χ2n) is 8.18. The molecule has 4 aromatic rings. The number of methoxy groups -OCH3 is 1. The van der Waals surface area contributed by atoms with Gasteiger partial charge in [-0.1, -0.05) is 36.0 Å². The van der Waals surface area contributed by atoms with Crippen LogP contribution in [-0.2, 0) is 9.53 Å². The van der Waals surface area contributed by atoms with Crippen molar-refractivity contribution < 1.29 is 9.53 Å². The van der Waals surface area contributed by atoms with Gasteiger partial charge in [0.05, 0.1) is 24.9 Å². The first-order chi connectivity index (χ1) is 16.9. The molecular weight excluding hydrogens is 480 g/mol. The predicted molar refractivity (Wildman–Crippen MR) is 138 cm³/mol. The summed E-state index contributed by atoms with van der Waals surface area (Å²) in [6, 6.07) is 9.60. The Morgan fingerprint density at radius 1 is 1.11 bits per heavy atom. The highest BCUT2D eigenvalue weighted by Crippen LogP contribution is 2.39. The zero-order valence-corrected chi connectivity index (χ0v) is 21.7. The molecule has 0 spiro atoms. The number of hydrogen-bond acceptors (Lipinski definition) is 9. The maximum Gasteiger partial charge on any atom is 0.308 e. The smallest absolute Gasteiger partial charge is 0.308 e. The molecule has 0 unspecified atom stereocenters. The van der Waals surface area contributed by atoms with E-state index in [-0.39, 0.29) is 12.4 Å². The normalized spacial score (nSPS) is 14.7. The largest absolute Gasteiger partial charge is 0.469 e. The Morgan fingerprint density at radius 2 is 1.86 bits per heavy atom. The van der Waals surface area contributed by atoms with Crippen LogP contribution in [0.25, 0.3) is 16.3 Å². The molecule has 8 nitrogen and oxygen atoms in total. The Kier molecular flexibility index (Phi) is 6.24. The van der Waals surface area contributed by atoms with E-state index >= 15 is 0 Å². The Labute approximate surface area is 211 Å². The molecule has 178 valence electrons. The molecule has 0 aliphatic carbocycles. The van der Waals surface area contributed by atoms with Crippen LogP contribution in [0.4, 0.5) is 0 Å². The van der Waals surface area contributed by atoms with Crippen molar-refractivity contribution in [3.8, 4) is 16.3 Å². The van der Waals surface area contributed by atoms with Crippen LogP contribution in [0.5, 0.6) is 0 Å². The number of aliphatic imine (C=N–C) groups is 1. The first-order valence-corrected chi connectivity index (χ1v) is 13.1. The lowest BCUT2D eigenvalue weighted by molar-refractivity contribution is -0.141. The summed E-state index contributed by atoms with van der Waals surface area (Å²) in [4.78, 5) is 27.5. The van der Waals surface area contributed by atoms with E-state index in [1.165, 1.54) is 23.7 Å². The Balaban J connectivity index is 1.66. The molecule has 1 aliphatic heterocycles. The van der Waals surface area contributed by atoms with Gasteiger partial charge in [0.25, 0.3) is 0 Å². The lowest BCUT2D eigenvalue weighted by Gasteiger charge is -2.12. The first-order valence-electron chi connectivity index (χ1n) is 11.1. The molecule has 35 heavy (non-hydrogen) atoms. The number of fused-ring (bicyclic) bond motifs is 3. The van der Waals surface area contributed by atoms with Gasteiger partial charge in [-0.3, -0.25) is 14.4 Å². The lowest BCUT2D eigenvalue weighted by atomic mass is 9.98. The highest BCUT2D eigenvalue weighted by Gasteiger charge is 2.32. The number of hydrogen-bond donors (Lipinski definition) is 0. The Bertz CT molecular complexity index is 1460. The highest BCUT2D eigenvalue weighted by molar-refractivity contribution is 7.98. The highest BCUT2D eigenvalue weighted by atomic mass is 32.2. The number of carbonyl (C=O) groups excluding carboxylic acids is 1. The van der Waals surface area contributed by atoms with Gasteiger partial charge in [-0.2, -0.15) is 0 Å². The van der Waals surface area contributed by atoms with E-state index < -0.39 is 6.04 Å². The summed E-state index contributed by atoms with van der Waals surface area (Å²) in [5.74, 6) is 1.07. The fourth-order valence-corrected chi connectivity index (χ4v) is 5.73. The van der Waals surface area contributed by atoms with Gasteiger partial charge < -0.3 is 4.74 Å². The monoisotopic (exact) mass is 504 g/mol. The predicted octanol–water partition coefficient (Wildman–Crippen LogP) is 4.89. The number of thiophene rings is 1. The van der Waals surface area contributed by atoms with Gasteiger partial charge in [0.2, 0.25) is 0 Å². The summed E-state index contributed by atoms with van der Waals surface area (Å²) in [7, 11) is 1.39. The summed E-state index contributed by atoms with van der Waals surface area (Å²) >= 11 is 3.20. The van der Waals surface area contributed by atoms with Gasteiger partial charge in [0.15, 0.2) is 11.0 Å². The van der Waals surface area contributed by atoms with Gasteiger partial charge in [0.1, 0.15) is 16.9 Å². The van der Waals surface area contributed by atoms with Crippen LogP contribution < -0.4 is 0 Å². The summed E-state index contributed by atoms with van der Waals surface area (Å²) in [5.41, 5.74) is 5.86. The van der Waals surface area contributed by atoms with Crippen molar-refractivity contribution in [3.63, 3.8) is 0 Å². The van der Waals surface area contributed by atoms with E-state index in [1.807, 2.05) is 35.9 Å². The molecule has 10 heteroatoms. The minimum atomic E-state index is -0.511. The molecule has 0 N–H and O–H groups in total. The third kappa shape index (κ3) is 4.17. The number of rotatable bonds is 5. The number of thioether (sulfide) groups is 1. The van der Waals surface area contributed by atoms with E-state index in [0.717, 1.165) is 49.6 Å². The molecule has 0 radical (unpaired) electrons. The standard InChI is InChI=1S/C25H24N6O2S2/c1-13-14(2)35-24-21(13)22(27-19(12-20(32)33-4)23-30-29-15(3)31(23)24)17-8-6-16(7-9-17)18-10-11-26-25(28-18)34-5/h6-11,19H,12H2,1-5H3/t19-/m0/s1. The molecule has 5 rings (SSSR count). The molecule has 4 heterocycles. The third-order valence-corrected chi connectivity index (χ3v) is 7.85. The molecular formula is C25H24N6O2S2. The van der Waals surface area contributed by atoms with Gasteiger partial charge in [-0.25, -0.2) is 9.97 Å². The topological polar surface area (TPSA) is 95.2 Å². The van der Waals surface area contributed by atoms with Crippen LogP contribution in [0.2, 0.25) is 0 Å². The second kappa shape index (κ2) is 9.35. The van der Waals surface area contributed by atoms with Crippen LogP contribution >= 0.6 is 23.1 Å². The SMILES string of the molecule is COC(=O)C[C@@H]1N=C(c2ccc(-c3ccnc(SC)n3)cc2)c2c(sc(C)c2C)-n2c(C)nnc21. The molecule has 3 aromatic heterocycles. The number of esters is 1. The van der Waals surface area contributed by atoms with E-state index in [1.54, 1.807) is 17.5 Å². The summed E-state index contributed by atoms with van der Waals surface area (Å²) < 4.78 is 7.00. The maximum atomic E-state index is 12.3. The molecule has 0 saturated carbocycles. The van der Waals surface area contributed by atoms with Crippen molar-refractivity contribution in [2.75, 3.05) is 13.4 Å². The van der Waals surface area contributed by atoms with Crippen molar-refractivity contribution in [2.45, 2.75) is 38.4 Å². The van der Waals surface area contributed by atoms with Gasteiger partial charge >= 0.3 is 5.97 Å². The second-order valence-corrected chi connectivity index (χ2v) is 10.2. The zero-order chi connectivity index (χ0) is 24.7. The number of nitrogens with zero attached hydrogens (tertiary/aromatic N) is 6. The van der Waals surface area contributed by atoms with Gasteiger partial charge in [-0.15, -0.1) is 21.5 Å². The molecule has 0 amide bonds. The van der Waals surface area contributed by atoms with Crippen molar-refractivity contribution in [1.29, 1.82) is 0 Å². The lowest BCUT2D eigenvalue weighted by Crippen LogP contribution is -2.12. The third-order valence-electron chi connectivity index (χ3n) is 6.10. The Hall–Kier alpha value is -3.37. The Morgan fingerprint density at radius 3 is 2.57 bits per heavy atom. The van der Waals surface area contributed by atoms with Crippen molar-refractivity contribution in [3.05, 3.63) is 69.7 Å². The summed E-state index contributed by atoms with van der Waals surface area (Å²) in [6.45, 7) is 6.14. The fourth-order valence-electron chi connectivity index (χ4n) is 4.16. The van der Waals surface area contributed by atoms with Gasteiger partial charge in [0, 0.05) is 27.8 Å². The average molecular weight is 505 g/mol. The average Bonchev–Trinajstić information content (AvgIpc) is 3.36. The van der Waals surface area contributed by atoms with Crippen LogP contribution in [0, 0.1) is 20.8 Å². The first kappa shape index (κ1) is 23.4. The summed E-state index contributed by atoms with van der Waals surface area (Å²) in [6.07, 6.45) is 3.82. The minimum Gasteiger partial charge on any atom is -0.469 e. The quantitative estimate of drug-likeness (QED) is 0.217. The minimum absolute atomic E-state index is 0.0849. The number of carbonyl (C=O) groups is 1. The molecule has 1 atom stereocenters. The number of benzene rings is 1. The number of aryl methyl sites for hydroxylation is 2. The maximum absolute atomic E-state index is 12.3. The molecule has 1 aromatic carbocycles. The number of aromatic nitrogens is 5. The van der Waals surface area contributed by atoms with Crippen LogP contribution in [0.3, 0.4) is 0 Å². The molecule has 1 aliphatic rings. The van der Waals surface area contributed by atoms with E-state index in [2.05, 4.69) is 46.1 Å². The van der Waals surface area contributed by atoms with E-state index in [0.29, 0.717) is 5.82 Å². The van der Waals surface area contributed by atoms with Crippen LogP contribution in [-0.4, -0.2) is 49.8 Å². The molecule has 0 fully saturated rings. The zero-order valence-electron chi connectivity index (χ0n) is 20.1. The van der Waals surface area contributed by atoms with Crippen molar-refractivity contribution >= 4 is 34.8 Å². The van der Waals surface area contributed by atoms with Crippen molar-refractivity contribution in [2.24, 2.45) is 4.99 Å². The van der Waals surface area contributed by atoms with E-state index in [4.69, 9.17) is 9.73 Å². The van der Waals surface area contributed by atoms with Crippen LogP contribution in [0.1, 0.15) is 45.7 Å². The number of ether oxygens (including phenoxy) is 1. The molecule has 0 saturated heterocycles. The van der Waals surface area contributed by atoms with E-state index in [9.17, 15) is 4.79 Å². The van der Waals surface area contributed by atoms with Crippen molar-refractivity contribution in [1.82, 2.24) is 24.7 Å². The van der Waals surface area contributed by atoms with Crippen LogP contribution in [0.15, 0.2) is 46.7 Å².